The van der Waals surface area contributed by atoms with Crippen LogP contribution in [0.25, 0.3) is 0 Å². The van der Waals surface area contributed by atoms with Gasteiger partial charge in [0.2, 0.25) is 11.8 Å². The summed E-state index contributed by atoms with van der Waals surface area (Å²) in [7, 11) is 0. The van der Waals surface area contributed by atoms with Crippen LogP contribution in [0.4, 0.5) is 13.2 Å². The van der Waals surface area contributed by atoms with Crippen LogP contribution in [0.1, 0.15) is 64.8 Å². The zero-order chi connectivity index (χ0) is 32.8. The Bertz CT molecular complexity index is 1460. The number of halogens is 3. The third-order valence-electron chi connectivity index (χ3n) is 8.49. The molecule has 10 nitrogen and oxygen atoms in total. The predicted molar refractivity (Wildman–Crippen MR) is 162 cm³/mol. The molecule has 4 amide bonds. The molecule has 1 atom stereocenters. The Morgan fingerprint density at radius 3 is 2.39 bits per heavy atom. The van der Waals surface area contributed by atoms with Gasteiger partial charge in [-0.1, -0.05) is 6.07 Å². The average Bonchev–Trinajstić information content (AvgIpc) is 3.26. The lowest BCUT2D eigenvalue weighted by atomic mass is 9.92. The lowest BCUT2D eigenvalue weighted by molar-refractivity contribution is -0.140. The van der Waals surface area contributed by atoms with Crippen LogP contribution < -0.4 is 14.8 Å². The third kappa shape index (κ3) is 8.02. The molecule has 2 saturated heterocycles. The van der Waals surface area contributed by atoms with Gasteiger partial charge in [-0.2, -0.15) is 13.2 Å². The Labute approximate surface area is 269 Å². The molecule has 0 saturated carbocycles. The summed E-state index contributed by atoms with van der Waals surface area (Å²) >= 11 is 4.01. The van der Waals surface area contributed by atoms with Crippen molar-refractivity contribution in [1.29, 1.82) is 0 Å². The van der Waals surface area contributed by atoms with E-state index in [0.717, 1.165) is 56.3 Å². The van der Waals surface area contributed by atoms with E-state index >= 15 is 0 Å². The monoisotopic (exact) mass is 663 g/mol. The van der Waals surface area contributed by atoms with Crippen LogP contribution >= 0.6 is 12.6 Å². The maximum absolute atomic E-state index is 13.1. The van der Waals surface area contributed by atoms with Gasteiger partial charge in [-0.3, -0.25) is 29.4 Å². The van der Waals surface area contributed by atoms with Gasteiger partial charge in [0.1, 0.15) is 24.1 Å². The van der Waals surface area contributed by atoms with Gasteiger partial charge in [0.05, 0.1) is 41.4 Å². The minimum Gasteiger partial charge on any atom is -0.492 e. The average molecular weight is 664 g/mol. The van der Waals surface area contributed by atoms with Gasteiger partial charge in [-0.25, -0.2) is 0 Å². The van der Waals surface area contributed by atoms with Crippen LogP contribution in [-0.2, 0) is 20.5 Å². The molecular weight excluding hydrogens is 627 g/mol. The summed E-state index contributed by atoms with van der Waals surface area (Å²) in [5.41, 5.74) is -0.446. The summed E-state index contributed by atoms with van der Waals surface area (Å²) in [4.78, 5) is 52.5. The lowest BCUT2D eigenvalue weighted by Gasteiger charge is -2.31. The van der Waals surface area contributed by atoms with Crippen LogP contribution in [0, 0.1) is 5.92 Å². The molecular formula is C32H36F3N3O7S. The number of hydrogen-bond acceptors (Lipinski definition) is 9. The Balaban J connectivity index is 0.944. The highest BCUT2D eigenvalue weighted by Crippen LogP contribution is 2.38. The summed E-state index contributed by atoms with van der Waals surface area (Å²) in [5.74, 6) is -1.14. The van der Waals surface area contributed by atoms with Crippen LogP contribution in [-0.4, -0.2) is 85.5 Å². The Kier molecular flexibility index (Phi) is 10.9. The van der Waals surface area contributed by atoms with Gasteiger partial charge in [0.15, 0.2) is 0 Å². The zero-order valence-corrected chi connectivity index (χ0v) is 26.0. The molecule has 248 valence electrons. The lowest BCUT2D eigenvalue weighted by Crippen LogP contribution is -2.54. The number of benzene rings is 2. The number of likely N-dealkylation sites (tertiary alicyclic amines) is 1. The number of carbonyl (C=O) groups is 4. The molecule has 3 aliphatic rings. The van der Waals surface area contributed by atoms with Gasteiger partial charge in [-0.15, -0.1) is 12.6 Å². The number of amides is 4. The molecule has 3 heterocycles. The van der Waals surface area contributed by atoms with E-state index in [-0.39, 0.29) is 41.2 Å². The minimum atomic E-state index is -4.47. The number of carbonyl (C=O) groups excluding carboxylic acids is 4. The second-order valence-electron chi connectivity index (χ2n) is 11.5. The number of rotatable bonds is 13. The molecule has 0 radical (unpaired) electrons. The molecule has 2 aromatic rings. The molecule has 46 heavy (non-hydrogen) atoms. The van der Waals surface area contributed by atoms with Crippen LogP contribution in [0.15, 0.2) is 41.3 Å². The molecule has 0 bridgehead atoms. The SMILES string of the molecule is O=C1CCC(N2C(=O)c3ccc(OCCOCCN4CCC(CCCOc5cccc(C(F)(F)F)c5S)CC4)cc3C2=O)C(=O)N1. The third-order valence-corrected chi connectivity index (χ3v) is 8.95. The van der Waals surface area contributed by atoms with Crippen molar-refractivity contribution < 1.29 is 46.6 Å². The number of hydrogen-bond donors (Lipinski definition) is 2. The van der Waals surface area contributed by atoms with Crippen LogP contribution in [0.2, 0.25) is 0 Å². The standard InChI is InChI=1S/C32H36F3N3O7S/c33-32(34,35)24-4-1-5-26(28(24)46)45-15-2-3-20-10-12-37(13-11-20)14-16-43-17-18-44-21-6-7-22-23(19-21)31(42)38(30(22)41)25-8-9-27(39)36-29(25)40/h1,4-7,19-20,25,46H,2-3,8-18H2,(H,36,39,40). The quantitative estimate of drug-likeness (QED) is 0.185. The first-order valence-electron chi connectivity index (χ1n) is 15.3. The van der Waals surface area contributed by atoms with Crippen LogP contribution in [0.5, 0.6) is 11.5 Å². The van der Waals surface area contributed by atoms with Crippen molar-refractivity contribution in [1.82, 2.24) is 15.1 Å². The molecule has 0 aromatic heterocycles. The Morgan fingerprint density at radius 2 is 1.65 bits per heavy atom. The van der Waals surface area contributed by atoms with E-state index in [1.54, 1.807) is 6.07 Å². The van der Waals surface area contributed by atoms with Gasteiger partial charge in [0, 0.05) is 13.0 Å². The van der Waals surface area contributed by atoms with Crippen LogP contribution in [0.3, 0.4) is 0 Å². The molecule has 1 N–H and O–H groups in total. The normalized spacial score (nSPS) is 19.4. The van der Waals surface area contributed by atoms with Gasteiger partial charge in [0.25, 0.3) is 11.8 Å². The van der Waals surface area contributed by atoms with Gasteiger partial charge < -0.3 is 19.1 Å². The largest absolute Gasteiger partial charge is 0.492 e. The smallest absolute Gasteiger partial charge is 0.417 e. The maximum atomic E-state index is 13.1. The number of imide groups is 2. The second kappa shape index (κ2) is 14.9. The Morgan fingerprint density at radius 1 is 0.891 bits per heavy atom. The zero-order valence-electron chi connectivity index (χ0n) is 25.1. The summed E-state index contributed by atoms with van der Waals surface area (Å²) in [6.07, 6.45) is -0.552. The number of piperidine rings is 2. The summed E-state index contributed by atoms with van der Waals surface area (Å²) in [6, 6.07) is 7.39. The highest BCUT2D eigenvalue weighted by atomic mass is 32.1. The van der Waals surface area contributed by atoms with E-state index in [9.17, 15) is 32.3 Å². The van der Waals surface area contributed by atoms with Crippen molar-refractivity contribution in [2.24, 2.45) is 5.92 Å². The first-order valence-corrected chi connectivity index (χ1v) is 15.8. The van der Waals surface area contributed by atoms with Crippen molar-refractivity contribution in [2.75, 3.05) is 46.1 Å². The molecule has 3 aliphatic heterocycles. The highest BCUT2D eigenvalue weighted by molar-refractivity contribution is 7.80. The van der Waals surface area contributed by atoms with Crippen molar-refractivity contribution in [3.05, 3.63) is 53.1 Å². The van der Waals surface area contributed by atoms with Gasteiger partial charge in [-0.05, 0) is 81.4 Å². The van der Waals surface area contributed by atoms with Crippen molar-refractivity contribution in [3.63, 3.8) is 0 Å². The van der Waals surface area contributed by atoms with Crippen molar-refractivity contribution >= 4 is 36.3 Å². The van der Waals surface area contributed by atoms with E-state index in [2.05, 4.69) is 22.8 Å². The first kappa shape index (κ1) is 33.7. The summed E-state index contributed by atoms with van der Waals surface area (Å²) in [5, 5.41) is 2.18. The summed E-state index contributed by atoms with van der Waals surface area (Å²) in [6.45, 7) is 4.12. The van der Waals surface area contributed by atoms with E-state index in [1.165, 1.54) is 24.3 Å². The molecule has 14 heteroatoms. The minimum absolute atomic E-state index is 0.0572. The van der Waals surface area contributed by atoms with E-state index < -0.39 is 41.4 Å². The number of ether oxygens (including phenoxy) is 3. The van der Waals surface area contributed by atoms with Crippen molar-refractivity contribution in [2.45, 2.75) is 55.6 Å². The molecule has 5 rings (SSSR count). The van der Waals surface area contributed by atoms with E-state index in [4.69, 9.17) is 14.2 Å². The molecule has 0 spiro atoms. The fourth-order valence-electron chi connectivity index (χ4n) is 5.97. The number of nitrogens with zero attached hydrogens (tertiary/aromatic N) is 2. The van der Waals surface area contributed by atoms with Crippen molar-refractivity contribution in [3.8, 4) is 11.5 Å². The fraction of sp³-hybridized carbons (Fsp3) is 0.500. The summed E-state index contributed by atoms with van der Waals surface area (Å²) < 4.78 is 56.2. The number of thiol groups is 1. The topological polar surface area (TPSA) is 114 Å². The van der Waals surface area contributed by atoms with E-state index in [1.807, 2.05) is 0 Å². The molecule has 1 unspecified atom stereocenters. The van der Waals surface area contributed by atoms with E-state index in [0.29, 0.717) is 31.5 Å². The van der Waals surface area contributed by atoms with Gasteiger partial charge >= 0.3 is 6.18 Å². The molecule has 0 aliphatic carbocycles. The second-order valence-corrected chi connectivity index (χ2v) is 12.0. The Hall–Kier alpha value is -3.62. The highest BCUT2D eigenvalue weighted by Gasteiger charge is 2.44. The number of fused-ring (bicyclic) bond motifs is 1. The predicted octanol–water partition coefficient (Wildman–Crippen LogP) is 4.36. The number of alkyl halides is 3. The number of nitrogens with one attached hydrogen (secondary N) is 1. The molecule has 2 aromatic carbocycles. The molecule has 2 fully saturated rings. The first-order chi connectivity index (χ1) is 22.0. The fourth-order valence-corrected chi connectivity index (χ4v) is 6.31. The maximum Gasteiger partial charge on any atom is 0.417 e.